The highest BCUT2D eigenvalue weighted by Gasteiger charge is 2.25. The van der Waals surface area contributed by atoms with Crippen molar-refractivity contribution in [3.8, 4) is 5.69 Å². The molecule has 1 amide bonds. The molecule has 3 aromatic rings. The number of ether oxygens (including phenoxy) is 1. The highest BCUT2D eigenvalue weighted by atomic mass is 16.5. The number of aromatic nitrogens is 2. The molecule has 3 heterocycles. The first-order valence-corrected chi connectivity index (χ1v) is 10.0. The molecule has 7 heteroatoms. The minimum absolute atomic E-state index is 0.0748. The Bertz CT molecular complexity index is 1130. The molecule has 1 fully saturated rings. The summed E-state index contributed by atoms with van der Waals surface area (Å²) in [5, 5.41) is 4.39. The largest absolute Gasteiger partial charge is 0.427 e. The van der Waals surface area contributed by atoms with E-state index >= 15 is 0 Å². The first kappa shape index (κ1) is 20.1. The number of benzene rings is 1. The van der Waals surface area contributed by atoms with Gasteiger partial charge in [0.1, 0.15) is 11.3 Å². The lowest BCUT2D eigenvalue weighted by Crippen LogP contribution is -2.31. The minimum Gasteiger partial charge on any atom is -0.427 e. The van der Waals surface area contributed by atoms with Gasteiger partial charge >= 0.3 is 5.63 Å². The van der Waals surface area contributed by atoms with E-state index in [0.29, 0.717) is 31.1 Å². The van der Waals surface area contributed by atoms with Crippen molar-refractivity contribution in [3.05, 3.63) is 81.2 Å². The maximum atomic E-state index is 13.0. The van der Waals surface area contributed by atoms with Crippen LogP contribution in [-0.2, 0) is 11.3 Å². The Hall–Kier alpha value is -3.19. The van der Waals surface area contributed by atoms with E-state index in [1.54, 1.807) is 30.9 Å². The Morgan fingerprint density at radius 1 is 1.30 bits per heavy atom. The van der Waals surface area contributed by atoms with Crippen LogP contribution in [0.5, 0.6) is 0 Å². The third-order valence-electron chi connectivity index (χ3n) is 5.38. The van der Waals surface area contributed by atoms with Crippen molar-refractivity contribution in [1.29, 1.82) is 0 Å². The number of rotatable bonds is 5. The molecule has 1 saturated heterocycles. The third kappa shape index (κ3) is 4.07. The van der Waals surface area contributed by atoms with Gasteiger partial charge in [-0.3, -0.25) is 4.79 Å². The second kappa shape index (κ2) is 8.28. The minimum atomic E-state index is -0.593. The number of amides is 1. The van der Waals surface area contributed by atoms with Gasteiger partial charge in [-0.15, -0.1) is 0 Å². The summed E-state index contributed by atoms with van der Waals surface area (Å²) in [6, 6.07) is 9.81. The SMILES string of the molecule is Cc1cccc(-n2cc(CN(C)C(=O)c3c(C)cc(C4CCOC4)oc3=O)cn2)c1. The number of nitrogens with zero attached hydrogens (tertiary/aromatic N) is 3. The third-order valence-corrected chi connectivity index (χ3v) is 5.38. The molecular weight excluding hydrogens is 382 g/mol. The van der Waals surface area contributed by atoms with Gasteiger partial charge in [-0.2, -0.15) is 5.10 Å². The molecule has 1 aromatic carbocycles. The van der Waals surface area contributed by atoms with Crippen molar-refractivity contribution in [2.45, 2.75) is 32.7 Å². The van der Waals surface area contributed by atoms with Crippen molar-refractivity contribution in [2.75, 3.05) is 20.3 Å². The molecule has 0 aliphatic carbocycles. The lowest BCUT2D eigenvalue weighted by molar-refractivity contribution is 0.0779. The monoisotopic (exact) mass is 407 g/mol. The topological polar surface area (TPSA) is 77.6 Å². The normalized spacial score (nSPS) is 16.0. The molecule has 0 N–H and O–H groups in total. The van der Waals surface area contributed by atoms with Gasteiger partial charge in [0, 0.05) is 37.9 Å². The zero-order valence-electron chi connectivity index (χ0n) is 17.4. The van der Waals surface area contributed by atoms with Gasteiger partial charge in [0.05, 0.1) is 18.5 Å². The van der Waals surface area contributed by atoms with Crippen molar-refractivity contribution < 1.29 is 13.9 Å². The molecule has 0 bridgehead atoms. The molecule has 30 heavy (non-hydrogen) atoms. The van der Waals surface area contributed by atoms with E-state index < -0.39 is 5.63 Å². The Morgan fingerprint density at radius 3 is 2.83 bits per heavy atom. The van der Waals surface area contributed by atoms with E-state index in [2.05, 4.69) is 5.10 Å². The molecular formula is C23H25N3O4. The van der Waals surface area contributed by atoms with E-state index in [1.165, 1.54) is 4.90 Å². The van der Waals surface area contributed by atoms with Crippen LogP contribution in [0, 0.1) is 13.8 Å². The highest BCUT2D eigenvalue weighted by molar-refractivity contribution is 5.94. The molecule has 0 saturated carbocycles. The first-order chi connectivity index (χ1) is 14.4. The fourth-order valence-corrected chi connectivity index (χ4v) is 3.74. The lowest BCUT2D eigenvalue weighted by atomic mass is 10.0. The molecule has 1 aliphatic heterocycles. The molecule has 0 radical (unpaired) electrons. The van der Waals surface area contributed by atoms with Crippen molar-refractivity contribution in [3.63, 3.8) is 0 Å². The van der Waals surface area contributed by atoms with Gasteiger partial charge in [-0.1, -0.05) is 12.1 Å². The zero-order chi connectivity index (χ0) is 21.3. The Morgan fingerprint density at radius 2 is 2.13 bits per heavy atom. The van der Waals surface area contributed by atoms with Crippen LogP contribution in [0.3, 0.4) is 0 Å². The summed E-state index contributed by atoms with van der Waals surface area (Å²) in [6.07, 6.45) is 4.43. The summed E-state index contributed by atoms with van der Waals surface area (Å²) in [5.74, 6) is 0.304. The van der Waals surface area contributed by atoms with Crippen LogP contribution in [0.25, 0.3) is 5.69 Å². The van der Waals surface area contributed by atoms with Crippen LogP contribution in [0.2, 0.25) is 0 Å². The predicted octanol–water partition coefficient (Wildman–Crippen LogP) is 3.22. The summed E-state index contributed by atoms with van der Waals surface area (Å²) < 4.78 is 12.6. The summed E-state index contributed by atoms with van der Waals surface area (Å²) in [6.45, 7) is 5.33. The average molecular weight is 407 g/mol. The fraction of sp³-hybridized carbons (Fsp3) is 0.348. The van der Waals surface area contributed by atoms with E-state index in [-0.39, 0.29) is 17.4 Å². The number of carbonyl (C=O) groups excluding carboxylic acids is 1. The van der Waals surface area contributed by atoms with Gasteiger partial charge in [0.2, 0.25) is 0 Å². The number of hydrogen-bond acceptors (Lipinski definition) is 5. The van der Waals surface area contributed by atoms with Gasteiger partial charge in [-0.25, -0.2) is 9.48 Å². The van der Waals surface area contributed by atoms with Crippen LogP contribution in [0.4, 0.5) is 0 Å². The fourth-order valence-electron chi connectivity index (χ4n) is 3.74. The standard InChI is InChI=1S/C23H25N3O4/c1-15-5-4-6-19(9-15)26-13-17(11-24-26)12-25(3)22(27)21-16(2)10-20(30-23(21)28)18-7-8-29-14-18/h4-6,9-11,13,18H,7-8,12,14H2,1-3H3. The van der Waals surface area contributed by atoms with Gasteiger partial charge in [0.15, 0.2) is 0 Å². The molecule has 156 valence electrons. The second-order valence-corrected chi connectivity index (χ2v) is 7.85. The van der Waals surface area contributed by atoms with Gasteiger partial charge < -0.3 is 14.1 Å². The van der Waals surface area contributed by atoms with E-state index in [1.807, 2.05) is 37.4 Å². The smallest absolute Gasteiger partial charge is 0.349 e. The molecule has 0 spiro atoms. The number of hydrogen-bond donors (Lipinski definition) is 0. The summed E-state index contributed by atoms with van der Waals surface area (Å²) >= 11 is 0. The summed E-state index contributed by atoms with van der Waals surface area (Å²) in [7, 11) is 1.67. The van der Waals surface area contributed by atoms with Gasteiger partial charge in [-0.05, 0) is 49.6 Å². The summed E-state index contributed by atoms with van der Waals surface area (Å²) in [5.41, 5.74) is 3.08. The Labute approximate surface area is 174 Å². The summed E-state index contributed by atoms with van der Waals surface area (Å²) in [4.78, 5) is 27.0. The van der Waals surface area contributed by atoms with Crippen molar-refractivity contribution in [2.24, 2.45) is 0 Å². The van der Waals surface area contributed by atoms with Crippen LogP contribution in [0.15, 0.2) is 51.9 Å². The average Bonchev–Trinajstić information content (AvgIpc) is 3.39. The van der Waals surface area contributed by atoms with E-state index in [0.717, 1.165) is 23.2 Å². The molecule has 7 nitrogen and oxygen atoms in total. The highest BCUT2D eigenvalue weighted by Crippen LogP contribution is 2.25. The van der Waals surface area contributed by atoms with E-state index in [4.69, 9.17) is 9.15 Å². The number of carbonyl (C=O) groups is 1. The molecule has 1 unspecified atom stereocenters. The lowest BCUT2D eigenvalue weighted by Gasteiger charge is -2.17. The van der Waals surface area contributed by atoms with Crippen LogP contribution < -0.4 is 5.63 Å². The van der Waals surface area contributed by atoms with Crippen molar-refractivity contribution >= 4 is 5.91 Å². The quantitative estimate of drug-likeness (QED) is 0.649. The molecule has 1 aliphatic rings. The second-order valence-electron chi connectivity index (χ2n) is 7.85. The molecule has 4 rings (SSSR count). The van der Waals surface area contributed by atoms with Crippen LogP contribution in [0.1, 0.15) is 45.1 Å². The maximum absolute atomic E-state index is 13.0. The van der Waals surface area contributed by atoms with Crippen molar-refractivity contribution in [1.82, 2.24) is 14.7 Å². The van der Waals surface area contributed by atoms with Gasteiger partial charge in [0.25, 0.3) is 5.91 Å². The molecule has 2 aromatic heterocycles. The van der Waals surface area contributed by atoms with Crippen LogP contribution >= 0.6 is 0 Å². The maximum Gasteiger partial charge on any atom is 0.349 e. The first-order valence-electron chi connectivity index (χ1n) is 10.0. The molecule has 1 atom stereocenters. The zero-order valence-corrected chi connectivity index (χ0v) is 17.4. The Balaban J connectivity index is 1.51. The van der Waals surface area contributed by atoms with Crippen LogP contribution in [-0.4, -0.2) is 40.8 Å². The number of aryl methyl sites for hydroxylation is 2. The van der Waals surface area contributed by atoms with E-state index in [9.17, 15) is 9.59 Å². The Kier molecular flexibility index (Phi) is 5.55. The predicted molar refractivity (Wildman–Crippen MR) is 112 cm³/mol.